The predicted molar refractivity (Wildman–Crippen MR) is 62.1 cm³/mol. The van der Waals surface area contributed by atoms with Crippen molar-refractivity contribution >= 4 is 5.91 Å². The van der Waals surface area contributed by atoms with Gasteiger partial charge in [0.1, 0.15) is 5.76 Å². The van der Waals surface area contributed by atoms with Gasteiger partial charge in [-0.2, -0.15) is 0 Å². The molecule has 0 heterocycles. The summed E-state index contributed by atoms with van der Waals surface area (Å²) in [5.74, 6) is 0.388. The zero-order chi connectivity index (χ0) is 11.5. The van der Waals surface area contributed by atoms with E-state index in [-0.39, 0.29) is 5.91 Å². The van der Waals surface area contributed by atoms with Crippen LogP contribution in [0.25, 0.3) is 0 Å². The number of rotatable bonds is 9. The topological polar surface area (TPSA) is 52.3 Å². The molecular weight excluding hydrogens is 190 g/mol. The Hall–Kier alpha value is -1.51. The molecule has 15 heavy (non-hydrogen) atoms. The molecule has 3 nitrogen and oxygen atoms in total. The molecule has 0 atom stereocenters. The fraction of sp³-hybridized carbons (Fsp3) is 0.417. The molecule has 0 radical (unpaired) electrons. The number of amides is 1. The maximum absolute atomic E-state index is 10.4. The first-order valence-electron chi connectivity index (χ1n) is 5.06. The van der Waals surface area contributed by atoms with Gasteiger partial charge in [0.05, 0.1) is 6.61 Å². The van der Waals surface area contributed by atoms with E-state index in [1.165, 1.54) is 0 Å². The van der Waals surface area contributed by atoms with Gasteiger partial charge in [-0.1, -0.05) is 25.3 Å². The van der Waals surface area contributed by atoms with Gasteiger partial charge in [-0.3, -0.25) is 4.79 Å². The van der Waals surface area contributed by atoms with Crippen LogP contribution in [0.15, 0.2) is 37.1 Å². The van der Waals surface area contributed by atoms with Crippen LogP contribution >= 0.6 is 0 Å². The standard InChI is InChI=1S/C12H19NO2/c1-3-4-8-11(2)15-10-7-5-6-9-12(13)14/h3-4,8H,1-2,5-7,9-10H2,(H2,13,14)/b8-4-. The molecule has 1 amide bonds. The number of hydrogen-bond donors (Lipinski definition) is 1. The lowest BCUT2D eigenvalue weighted by atomic mass is 10.2. The lowest BCUT2D eigenvalue weighted by Gasteiger charge is -2.04. The summed E-state index contributed by atoms with van der Waals surface area (Å²) < 4.78 is 5.31. The van der Waals surface area contributed by atoms with Gasteiger partial charge in [0.15, 0.2) is 0 Å². The fourth-order valence-corrected chi connectivity index (χ4v) is 1.00. The van der Waals surface area contributed by atoms with Crippen molar-refractivity contribution in [3.8, 4) is 0 Å². The Morgan fingerprint density at radius 2 is 2.07 bits per heavy atom. The van der Waals surface area contributed by atoms with Crippen LogP contribution in [0.4, 0.5) is 0 Å². The van der Waals surface area contributed by atoms with Gasteiger partial charge >= 0.3 is 0 Å². The highest BCUT2D eigenvalue weighted by molar-refractivity contribution is 5.73. The van der Waals surface area contributed by atoms with Crippen molar-refractivity contribution < 1.29 is 9.53 Å². The van der Waals surface area contributed by atoms with Gasteiger partial charge < -0.3 is 10.5 Å². The SMILES string of the molecule is C=C/C=C\C(=C)OCCCCCC(N)=O. The van der Waals surface area contributed by atoms with Crippen molar-refractivity contribution in [1.82, 2.24) is 0 Å². The molecule has 0 aliphatic carbocycles. The Bertz CT molecular complexity index is 244. The second kappa shape index (κ2) is 9.06. The Balaban J connectivity index is 3.31. The van der Waals surface area contributed by atoms with E-state index in [2.05, 4.69) is 13.2 Å². The number of ether oxygens (including phenoxy) is 1. The average molecular weight is 209 g/mol. The second-order valence-electron chi connectivity index (χ2n) is 3.19. The summed E-state index contributed by atoms with van der Waals surface area (Å²) in [6.07, 6.45) is 8.34. The van der Waals surface area contributed by atoms with Crippen LogP contribution in [0.2, 0.25) is 0 Å². The number of carbonyl (C=O) groups excluding carboxylic acids is 1. The minimum absolute atomic E-state index is 0.241. The van der Waals surface area contributed by atoms with Crippen molar-refractivity contribution in [2.75, 3.05) is 6.61 Å². The summed E-state index contributed by atoms with van der Waals surface area (Å²) >= 11 is 0. The first kappa shape index (κ1) is 13.5. The molecule has 0 aliphatic rings. The molecule has 0 aromatic carbocycles. The molecule has 0 bridgehead atoms. The minimum Gasteiger partial charge on any atom is -0.494 e. The monoisotopic (exact) mass is 209 g/mol. The van der Waals surface area contributed by atoms with E-state index in [1.54, 1.807) is 18.2 Å². The Kier molecular flexibility index (Phi) is 8.15. The maximum atomic E-state index is 10.4. The maximum Gasteiger partial charge on any atom is 0.217 e. The molecule has 3 heteroatoms. The first-order chi connectivity index (χ1) is 7.16. The molecule has 2 N–H and O–H groups in total. The van der Waals surface area contributed by atoms with E-state index < -0.39 is 0 Å². The molecule has 0 fully saturated rings. The zero-order valence-corrected chi connectivity index (χ0v) is 9.08. The number of carbonyl (C=O) groups is 1. The fourth-order valence-electron chi connectivity index (χ4n) is 1.00. The van der Waals surface area contributed by atoms with Crippen LogP contribution in [0.3, 0.4) is 0 Å². The predicted octanol–water partition coefficient (Wildman–Crippen LogP) is 2.30. The number of unbranched alkanes of at least 4 members (excludes halogenated alkanes) is 2. The van der Waals surface area contributed by atoms with E-state index in [4.69, 9.17) is 10.5 Å². The van der Waals surface area contributed by atoms with Crippen molar-refractivity contribution in [2.24, 2.45) is 5.73 Å². The summed E-state index contributed by atoms with van der Waals surface area (Å²) in [6, 6.07) is 0. The van der Waals surface area contributed by atoms with Gasteiger partial charge in [-0.25, -0.2) is 0 Å². The summed E-state index contributed by atoms with van der Waals surface area (Å²) in [5.41, 5.74) is 5.01. The largest absolute Gasteiger partial charge is 0.494 e. The normalized spacial score (nSPS) is 10.1. The van der Waals surface area contributed by atoms with E-state index in [0.717, 1.165) is 19.3 Å². The quantitative estimate of drug-likeness (QED) is 0.360. The van der Waals surface area contributed by atoms with E-state index in [0.29, 0.717) is 18.8 Å². The van der Waals surface area contributed by atoms with Crippen LogP contribution in [-0.4, -0.2) is 12.5 Å². The Morgan fingerprint density at radius 1 is 1.33 bits per heavy atom. The molecule has 0 saturated carbocycles. The van der Waals surface area contributed by atoms with E-state index >= 15 is 0 Å². The number of nitrogens with two attached hydrogens (primary N) is 1. The van der Waals surface area contributed by atoms with Crippen molar-refractivity contribution in [2.45, 2.75) is 25.7 Å². The van der Waals surface area contributed by atoms with E-state index in [1.807, 2.05) is 0 Å². The Labute approximate surface area is 91.3 Å². The van der Waals surface area contributed by atoms with Crippen molar-refractivity contribution in [3.63, 3.8) is 0 Å². The molecule has 0 spiro atoms. The third-order valence-electron chi connectivity index (χ3n) is 1.77. The van der Waals surface area contributed by atoms with Crippen LogP contribution in [0.5, 0.6) is 0 Å². The summed E-state index contributed by atoms with van der Waals surface area (Å²) in [7, 11) is 0. The molecule has 0 aliphatic heterocycles. The van der Waals surface area contributed by atoms with E-state index in [9.17, 15) is 4.79 Å². The minimum atomic E-state index is -0.241. The smallest absolute Gasteiger partial charge is 0.217 e. The van der Waals surface area contributed by atoms with Gasteiger partial charge in [0.2, 0.25) is 5.91 Å². The number of hydrogen-bond acceptors (Lipinski definition) is 2. The van der Waals surface area contributed by atoms with Crippen LogP contribution in [0.1, 0.15) is 25.7 Å². The lowest BCUT2D eigenvalue weighted by Crippen LogP contribution is -2.09. The van der Waals surface area contributed by atoms with Gasteiger partial charge in [0.25, 0.3) is 0 Å². The average Bonchev–Trinajstić information content (AvgIpc) is 2.19. The number of primary amides is 1. The highest BCUT2D eigenvalue weighted by Crippen LogP contribution is 2.02. The first-order valence-corrected chi connectivity index (χ1v) is 5.06. The van der Waals surface area contributed by atoms with Crippen molar-refractivity contribution in [1.29, 1.82) is 0 Å². The van der Waals surface area contributed by atoms with Gasteiger partial charge in [-0.15, -0.1) is 0 Å². The van der Waals surface area contributed by atoms with Gasteiger partial charge in [0, 0.05) is 6.42 Å². The molecule has 0 aromatic heterocycles. The van der Waals surface area contributed by atoms with Crippen LogP contribution in [0, 0.1) is 0 Å². The second-order valence-corrected chi connectivity index (χ2v) is 3.19. The zero-order valence-electron chi connectivity index (χ0n) is 9.08. The number of allylic oxidation sites excluding steroid dienone is 3. The summed E-state index contributed by atoms with van der Waals surface area (Å²) in [5, 5.41) is 0. The molecular formula is C12H19NO2. The van der Waals surface area contributed by atoms with Crippen LogP contribution in [-0.2, 0) is 9.53 Å². The third kappa shape index (κ3) is 10.4. The third-order valence-corrected chi connectivity index (χ3v) is 1.77. The van der Waals surface area contributed by atoms with Crippen LogP contribution < -0.4 is 5.73 Å². The highest BCUT2D eigenvalue weighted by atomic mass is 16.5. The molecule has 0 aromatic rings. The summed E-state index contributed by atoms with van der Waals surface area (Å²) in [6.45, 7) is 7.87. The lowest BCUT2D eigenvalue weighted by molar-refractivity contribution is -0.118. The summed E-state index contributed by atoms with van der Waals surface area (Å²) in [4.78, 5) is 10.4. The molecule has 0 rings (SSSR count). The van der Waals surface area contributed by atoms with Crippen molar-refractivity contribution in [3.05, 3.63) is 37.1 Å². The van der Waals surface area contributed by atoms with Gasteiger partial charge in [-0.05, 0) is 25.3 Å². The highest BCUT2D eigenvalue weighted by Gasteiger charge is 1.95. The molecule has 0 unspecified atom stereocenters. The molecule has 84 valence electrons. The molecule has 0 saturated heterocycles. The Morgan fingerprint density at radius 3 is 2.67 bits per heavy atom.